The smallest absolute Gasteiger partial charge is 0.327 e. The first-order valence-electron chi connectivity index (χ1n) is 26.7. The van der Waals surface area contributed by atoms with E-state index in [0.29, 0.717) is 110 Å². The lowest BCUT2D eigenvalue weighted by atomic mass is 9.83. The van der Waals surface area contributed by atoms with Crippen molar-refractivity contribution >= 4 is 47.3 Å². The minimum Gasteiger partial charge on any atom is -0.481 e. The highest BCUT2D eigenvalue weighted by molar-refractivity contribution is 8.00. The molecule has 1 heterocycles. The standard InChI is InChI=1S/C55H82F2N6O16S/c1-55(2,3)53(47-34-42(44-35-43(56)10-11-45(44)57)38-62(47)37-41-8-5-4-6-9-41)63(17-7-15-58)51(67)40-80-39-46(54(70)71)61-49(65)14-18-72-20-22-74-24-26-76-28-30-78-32-33-79-31-29-77-27-25-75-23-21-73-19-16-59-50(66)36-60-48(64)12-13-52(68)69/h4-6,8-11,34-35,38,46,53H,7,12-33,36-37,39-40,58H2,1-3H3,(H,59,66)(H,60,64)(H,61,65)(H,68,69)(H,70,71)/t46-,53-/m0/s1. The third-order valence-corrected chi connectivity index (χ3v) is 12.5. The van der Waals surface area contributed by atoms with Crippen LogP contribution in [0.15, 0.2) is 60.8 Å². The number of carbonyl (C=O) groups excluding carboxylic acids is 4. The van der Waals surface area contributed by atoms with Gasteiger partial charge in [-0.2, -0.15) is 0 Å². The van der Waals surface area contributed by atoms with Crippen molar-refractivity contribution in [2.75, 3.05) is 143 Å². The second kappa shape index (κ2) is 40.5. The molecule has 0 bridgehead atoms. The van der Waals surface area contributed by atoms with Gasteiger partial charge < -0.3 is 79.3 Å². The first kappa shape index (κ1) is 68.7. The Bertz CT molecular complexity index is 2280. The molecule has 0 saturated carbocycles. The van der Waals surface area contributed by atoms with Crippen LogP contribution in [0.2, 0.25) is 0 Å². The number of carboxylic acid groups (broad SMARTS) is 2. The molecule has 0 aliphatic heterocycles. The van der Waals surface area contributed by atoms with Gasteiger partial charge in [-0.15, -0.1) is 11.8 Å². The number of aliphatic carboxylic acids is 2. The highest BCUT2D eigenvalue weighted by Gasteiger charge is 2.37. The number of ether oxygens (including phenoxy) is 8. The molecule has 7 N–H and O–H groups in total. The van der Waals surface area contributed by atoms with Crippen molar-refractivity contribution < 1.29 is 85.7 Å². The van der Waals surface area contributed by atoms with E-state index < -0.39 is 58.8 Å². The van der Waals surface area contributed by atoms with Gasteiger partial charge in [0.15, 0.2) is 0 Å². The second-order valence-corrected chi connectivity index (χ2v) is 20.1. The molecule has 4 amide bonds. The molecule has 2 aromatic carbocycles. The van der Waals surface area contributed by atoms with Gasteiger partial charge >= 0.3 is 11.9 Å². The molecule has 0 saturated heterocycles. The molecular formula is C55H82F2N6O16S. The van der Waals surface area contributed by atoms with Crippen LogP contribution in [0.1, 0.15) is 63.8 Å². The number of halogens is 2. The summed E-state index contributed by atoms with van der Waals surface area (Å²) in [6.45, 7) is 12.2. The maximum atomic E-state index is 15.2. The minimum absolute atomic E-state index is 0.0376. The van der Waals surface area contributed by atoms with Crippen molar-refractivity contribution in [3.05, 3.63) is 83.7 Å². The van der Waals surface area contributed by atoms with Crippen molar-refractivity contribution in [1.82, 2.24) is 25.4 Å². The SMILES string of the molecule is CC(C)(C)[C@H](c1cc(-c2cc(F)ccc2F)cn1Cc1ccccc1)N(CCCN)C(=O)CSC[C@H](NC(=O)CCOCCOCCOCCOCCOCCOCCOCCOCCNC(=O)CNC(=O)CCC(=O)O)C(=O)O. The Balaban J connectivity index is 1.22. The fourth-order valence-electron chi connectivity index (χ4n) is 7.68. The van der Waals surface area contributed by atoms with Gasteiger partial charge in [-0.25, -0.2) is 13.6 Å². The van der Waals surface area contributed by atoms with E-state index in [4.69, 9.17) is 48.7 Å². The molecule has 80 heavy (non-hydrogen) atoms. The Morgan fingerprint density at radius 2 is 1.23 bits per heavy atom. The van der Waals surface area contributed by atoms with Gasteiger partial charge in [0.05, 0.1) is 130 Å². The Kier molecular flexibility index (Phi) is 34.8. The fraction of sp³-hybridized carbons (Fsp3) is 0.600. The molecule has 0 aliphatic carbocycles. The van der Waals surface area contributed by atoms with Crippen LogP contribution < -0.4 is 21.7 Å². The maximum absolute atomic E-state index is 15.2. The number of benzene rings is 2. The molecule has 2 atom stereocenters. The van der Waals surface area contributed by atoms with Crippen LogP contribution in [0.5, 0.6) is 0 Å². The van der Waals surface area contributed by atoms with E-state index in [1.165, 1.54) is 0 Å². The Hall–Kier alpha value is -5.61. The van der Waals surface area contributed by atoms with Crippen molar-refractivity contribution in [3.63, 3.8) is 0 Å². The summed E-state index contributed by atoms with van der Waals surface area (Å²) in [5.74, 6) is -5.39. The third-order valence-electron chi connectivity index (χ3n) is 11.5. The number of thioether (sulfide) groups is 1. The lowest BCUT2D eigenvalue weighted by Gasteiger charge is -2.41. The first-order chi connectivity index (χ1) is 38.5. The van der Waals surface area contributed by atoms with Crippen molar-refractivity contribution in [2.24, 2.45) is 11.1 Å². The maximum Gasteiger partial charge on any atom is 0.327 e. The van der Waals surface area contributed by atoms with E-state index in [1.807, 2.05) is 55.7 Å². The number of carbonyl (C=O) groups is 6. The van der Waals surface area contributed by atoms with E-state index in [1.54, 1.807) is 17.2 Å². The zero-order valence-corrected chi connectivity index (χ0v) is 47.1. The van der Waals surface area contributed by atoms with Crippen LogP contribution in [0.25, 0.3) is 11.1 Å². The second-order valence-electron chi connectivity index (χ2n) is 19.0. The predicted octanol–water partition coefficient (Wildman–Crippen LogP) is 3.67. The molecule has 0 aliphatic rings. The van der Waals surface area contributed by atoms with Crippen LogP contribution >= 0.6 is 11.8 Å². The number of amides is 4. The lowest BCUT2D eigenvalue weighted by Crippen LogP contribution is -2.45. The topological polar surface area (TPSA) is 287 Å². The summed E-state index contributed by atoms with van der Waals surface area (Å²) in [4.78, 5) is 74.5. The highest BCUT2D eigenvalue weighted by atomic mass is 32.2. The number of nitrogens with zero attached hydrogens (tertiary/aromatic N) is 2. The third kappa shape index (κ3) is 29.7. The number of hydrogen-bond acceptors (Lipinski definition) is 16. The normalized spacial score (nSPS) is 12.2. The fourth-order valence-corrected chi connectivity index (χ4v) is 8.60. The zero-order chi connectivity index (χ0) is 58.4. The van der Waals surface area contributed by atoms with E-state index in [2.05, 4.69) is 16.0 Å². The molecule has 0 spiro atoms. The number of aromatic nitrogens is 1. The zero-order valence-electron chi connectivity index (χ0n) is 46.3. The highest BCUT2D eigenvalue weighted by Crippen LogP contribution is 2.41. The predicted molar refractivity (Wildman–Crippen MR) is 294 cm³/mol. The average molecular weight is 1150 g/mol. The molecule has 3 aromatic rings. The Morgan fingerprint density at radius 1 is 0.675 bits per heavy atom. The average Bonchev–Trinajstić information content (AvgIpc) is 3.82. The summed E-state index contributed by atoms with van der Waals surface area (Å²) in [5, 5.41) is 26.0. The molecule has 22 nitrogen and oxygen atoms in total. The summed E-state index contributed by atoms with van der Waals surface area (Å²) in [5.41, 5.74) is 7.60. The van der Waals surface area contributed by atoms with E-state index in [9.17, 15) is 38.3 Å². The van der Waals surface area contributed by atoms with Gasteiger partial charge in [0.1, 0.15) is 17.7 Å². The number of nitrogens with two attached hydrogens (primary N) is 1. The van der Waals surface area contributed by atoms with Crippen molar-refractivity contribution in [3.8, 4) is 11.1 Å². The molecule has 1 aromatic heterocycles. The summed E-state index contributed by atoms with van der Waals surface area (Å²) in [6.07, 6.45) is 1.67. The summed E-state index contributed by atoms with van der Waals surface area (Å²) < 4.78 is 75.3. The monoisotopic (exact) mass is 1150 g/mol. The van der Waals surface area contributed by atoms with Gasteiger partial charge in [0, 0.05) is 61.2 Å². The molecule has 0 unspecified atom stereocenters. The molecule has 0 radical (unpaired) electrons. The van der Waals surface area contributed by atoms with Gasteiger partial charge in [-0.05, 0) is 48.2 Å². The molecule has 25 heteroatoms. The van der Waals surface area contributed by atoms with Gasteiger partial charge in [0.2, 0.25) is 23.6 Å². The van der Waals surface area contributed by atoms with E-state index >= 15 is 4.39 Å². The first-order valence-corrected chi connectivity index (χ1v) is 27.8. The van der Waals surface area contributed by atoms with Crippen LogP contribution in [0, 0.1) is 17.0 Å². The number of hydrogen-bond donors (Lipinski definition) is 6. The number of carboxylic acids is 2. The van der Waals surface area contributed by atoms with Gasteiger partial charge in [0.25, 0.3) is 0 Å². The Labute approximate surface area is 471 Å². The van der Waals surface area contributed by atoms with E-state index in [-0.39, 0.29) is 88.3 Å². The summed E-state index contributed by atoms with van der Waals surface area (Å²) >= 11 is 1.08. The molecule has 0 fully saturated rings. The van der Waals surface area contributed by atoms with Crippen LogP contribution in [-0.4, -0.2) is 205 Å². The van der Waals surface area contributed by atoms with Gasteiger partial charge in [-0.3, -0.25) is 24.0 Å². The molecule has 3 rings (SSSR count). The van der Waals surface area contributed by atoms with Gasteiger partial charge in [-0.1, -0.05) is 51.1 Å². The van der Waals surface area contributed by atoms with Crippen molar-refractivity contribution in [2.45, 2.75) is 65.1 Å². The number of rotatable bonds is 46. The minimum atomic E-state index is -1.27. The van der Waals surface area contributed by atoms with Crippen LogP contribution in [0.3, 0.4) is 0 Å². The number of nitrogens with one attached hydrogen (secondary N) is 3. The molecular weight excluding hydrogens is 1070 g/mol. The van der Waals surface area contributed by atoms with E-state index in [0.717, 1.165) is 35.5 Å². The molecule has 448 valence electrons. The summed E-state index contributed by atoms with van der Waals surface area (Å²) in [7, 11) is 0. The van der Waals surface area contributed by atoms with Crippen LogP contribution in [-0.2, 0) is 73.2 Å². The van der Waals surface area contributed by atoms with Crippen molar-refractivity contribution in [1.29, 1.82) is 0 Å². The lowest BCUT2D eigenvalue weighted by molar-refractivity contribution is -0.141. The largest absolute Gasteiger partial charge is 0.481 e. The Morgan fingerprint density at radius 3 is 1.75 bits per heavy atom. The quantitative estimate of drug-likeness (QED) is 0.0440. The summed E-state index contributed by atoms with van der Waals surface area (Å²) in [6, 6.07) is 12.9. The van der Waals surface area contributed by atoms with Crippen LogP contribution in [0.4, 0.5) is 8.78 Å².